The number of rotatable bonds is 6. The van der Waals surface area contributed by atoms with E-state index in [4.69, 9.17) is 14.2 Å². The van der Waals surface area contributed by atoms with Crippen molar-refractivity contribution in [1.82, 2.24) is 0 Å². The third-order valence-electron chi connectivity index (χ3n) is 4.53. The van der Waals surface area contributed by atoms with Gasteiger partial charge in [0.1, 0.15) is 17.2 Å². The summed E-state index contributed by atoms with van der Waals surface area (Å²) in [7, 11) is 4.68. The Morgan fingerprint density at radius 2 is 1.67 bits per heavy atom. The minimum atomic E-state index is -0.439. The maximum Gasteiger partial charge on any atom is 0.229 e. The van der Waals surface area contributed by atoms with Crippen LogP contribution >= 0.6 is 0 Å². The highest BCUT2D eigenvalue weighted by atomic mass is 16.5. The first-order chi connectivity index (χ1) is 13.0. The third kappa shape index (κ3) is 3.97. The maximum absolute atomic E-state index is 12.6. The molecule has 0 unspecified atom stereocenters. The Balaban J connectivity index is 1.72. The number of nitrogens with zero attached hydrogens (tertiary/aromatic N) is 1. The molecular weight excluding hydrogens is 348 g/mol. The zero-order chi connectivity index (χ0) is 19.4. The first kappa shape index (κ1) is 18.6. The second-order valence-electron chi connectivity index (χ2n) is 6.16. The van der Waals surface area contributed by atoms with E-state index < -0.39 is 5.92 Å². The van der Waals surface area contributed by atoms with Crippen LogP contribution in [0.3, 0.4) is 0 Å². The van der Waals surface area contributed by atoms with Gasteiger partial charge in [0, 0.05) is 24.7 Å². The normalized spacial score (nSPS) is 16.2. The van der Waals surface area contributed by atoms with Crippen LogP contribution < -0.4 is 24.4 Å². The van der Waals surface area contributed by atoms with Crippen LogP contribution in [0.4, 0.5) is 11.4 Å². The van der Waals surface area contributed by atoms with Crippen LogP contribution in [0.15, 0.2) is 42.5 Å². The number of carbonyl (C=O) groups is 2. The van der Waals surface area contributed by atoms with E-state index in [-0.39, 0.29) is 18.2 Å². The highest BCUT2D eigenvalue weighted by Crippen LogP contribution is 2.36. The zero-order valence-electron chi connectivity index (χ0n) is 15.5. The first-order valence-corrected chi connectivity index (χ1v) is 8.53. The Morgan fingerprint density at radius 1 is 1.00 bits per heavy atom. The Bertz CT molecular complexity index is 835. The van der Waals surface area contributed by atoms with E-state index in [1.807, 2.05) is 0 Å². The lowest BCUT2D eigenvalue weighted by Crippen LogP contribution is -2.28. The van der Waals surface area contributed by atoms with Gasteiger partial charge in [0.05, 0.1) is 32.9 Å². The number of benzene rings is 2. The van der Waals surface area contributed by atoms with E-state index in [9.17, 15) is 9.59 Å². The Hall–Kier alpha value is -3.22. The lowest BCUT2D eigenvalue weighted by atomic mass is 10.1. The van der Waals surface area contributed by atoms with Gasteiger partial charge in [0.15, 0.2) is 0 Å². The number of hydrogen-bond acceptors (Lipinski definition) is 5. The number of ether oxygens (including phenoxy) is 3. The molecule has 1 saturated heterocycles. The van der Waals surface area contributed by atoms with Gasteiger partial charge in [-0.3, -0.25) is 9.59 Å². The Morgan fingerprint density at radius 3 is 2.30 bits per heavy atom. The summed E-state index contributed by atoms with van der Waals surface area (Å²) >= 11 is 0. The molecule has 1 atom stereocenters. The summed E-state index contributed by atoms with van der Waals surface area (Å²) in [5, 5.41) is 2.85. The second kappa shape index (κ2) is 7.99. The van der Waals surface area contributed by atoms with Crippen LogP contribution in [0, 0.1) is 5.92 Å². The monoisotopic (exact) mass is 370 g/mol. The predicted molar refractivity (Wildman–Crippen MR) is 102 cm³/mol. The fraction of sp³-hybridized carbons (Fsp3) is 0.300. The van der Waals surface area contributed by atoms with Crippen molar-refractivity contribution >= 4 is 23.2 Å². The van der Waals surface area contributed by atoms with Crippen molar-refractivity contribution in [1.29, 1.82) is 0 Å². The minimum Gasteiger partial charge on any atom is -0.497 e. The molecule has 7 nitrogen and oxygen atoms in total. The van der Waals surface area contributed by atoms with Crippen LogP contribution in [0.5, 0.6) is 17.2 Å². The summed E-state index contributed by atoms with van der Waals surface area (Å²) < 4.78 is 15.7. The van der Waals surface area contributed by atoms with Crippen molar-refractivity contribution in [3.05, 3.63) is 42.5 Å². The molecule has 2 aromatic rings. The van der Waals surface area contributed by atoms with Crippen molar-refractivity contribution in [2.24, 2.45) is 5.92 Å². The molecule has 7 heteroatoms. The largest absolute Gasteiger partial charge is 0.497 e. The molecule has 27 heavy (non-hydrogen) atoms. The van der Waals surface area contributed by atoms with Crippen molar-refractivity contribution in [3.8, 4) is 17.2 Å². The molecule has 0 bridgehead atoms. The quantitative estimate of drug-likeness (QED) is 0.846. The summed E-state index contributed by atoms with van der Waals surface area (Å²) in [5.41, 5.74) is 1.29. The number of hydrogen-bond donors (Lipinski definition) is 1. The topological polar surface area (TPSA) is 77.1 Å². The van der Waals surface area contributed by atoms with E-state index in [1.54, 1.807) is 61.6 Å². The molecule has 0 radical (unpaired) electrons. The molecule has 0 saturated carbocycles. The molecule has 1 N–H and O–H groups in total. The second-order valence-corrected chi connectivity index (χ2v) is 6.16. The van der Waals surface area contributed by atoms with Crippen LogP contribution in [0.1, 0.15) is 6.42 Å². The molecule has 2 amide bonds. The minimum absolute atomic E-state index is 0.117. The highest BCUT2D eigenvalue weighted by molar-refractivity contribution is 6.04. The average Bonchev–Trinajstić information content (AvgIpc) is 3.09. The van der Waals surface area contributed by atoms with Crippen molar-refractivity contribution in [3.63, 3.8) is 0 Å². The smallest absolute Gasteiger partial charge is 0.229 e. The number of nitrogens with one attached hydrogen (secondary N) is 1. The van der Waals surface area contributed by atoms with Crippen molar-refractivity contribution < 1.29 is 23.8 Å². The van der Waals surface area contributed by atoms with Gasteiger partial charge in [-0.2, -0.15) is 0 Å². The summed E-state index contributed by atoms with van der Waals surface area (Å²) in [6, 6.07) is 12.3. The van der Waals surface area contributed by atoms with E-state index in [0.717, 1.165) is 0 Å². The molecule has 3 rings (SSSR count). The fourth-order valence-corrected chi connectivity index (χ4v) is 3.04. The van der Waals surface area contributed by atoms with Crippen LogP contribution in [-0.4, -0.2) is 39.7 Å². The van der Waals surface area contributed by atoms with Gasteiger partial charge in [-0.15, -0.1) is 0 Å². The molecule has 2 aromatic carbocycles. The van der Waals surface area contributed by atoms with E-state index >= 15 is 0 Å². The molecule has 1 heterocycles. The Labute approximate surface area is 157 Å². The number of anilines is 2. The fourth-order valence-electron chi connectivity index (χ4n) is 3.04. The first-order valence-electron chi connectivity index (χ1n) is 8.53. The van der Waals surface area contributed by atoms with Gasteiger partial charge in [-0.05, 0) is 36.4 Å². The molecular formula is C20H22N2O5. The molecule has 142 valence electrons. The van der Waals surface area contributed by atoms with Gasteiger partial charge in [0.25, 0.3) is 0 Å². The van der Waals surface area contributed by atoms with Crippen molar-refractivity contribution in [2.45, 2.75) is 6.42 Å². The standard InChI is InChI=1S/C20H22N2O5/c1-25-15-6-4-14(5-7-15)21-20(24)13-10-19(23)22(12-13)17-9-8-16(26-2)11-18(17)27-3/h4-9,11,13H,10,12H2,1-3H3,(H,21,24)/t13-/m1/s1. The van der Waals surface area contributed by atoms with Gasteiger partial charge < -0.3 is 24.4 Å². The summed E-state index contributed by atoms with van der Waals surface area (Å²) in [4.78, 5) is 26.6. The van der Waals surface area contributed by atoms with E-state index in [2.05, 4.69) is 5.32 Å². The number of amides is 2. The molecule has 1 aliphatic rings. The van der Waals surface area contributed by atoms with Crippen LogP contribution in [0.25, 0.3) is 0 Å². The van der Waals surface area contributed by atoms with E-state index in [1.165, 1.54) is 7.11 Å². The van der Waals surface area contributed by atoms with Gasteiger partial charge in [0.2, 0.25) is 11.8 Å². The molecule has 1 aliphatic heterocycles. The van der Waals surface area contributed by atoms with Crippen LogP contribution in [-0.2, 0) is 9.59 Å². The van der Waals surface area contributed by atoms with Gasteiger partial charge >= 0.3 is 0 Å². The summed E-state index contributed by atoms with van der Waals surface area (Å²) in [5.74, 6) is 1.13. The number of carbonyl (C=O) groups excluding carboxylic acids is 2. The highest BCUT2D eigenvalue weighted by Gasteiger charge is 2.36. The molecule has 0 aliphatic carbocycles. The van der Waals surface area contributed by atoms with Crippen LogP contribution in [0.2, 0.25) is 0 Å². The lowest BCUT2D eigenvalue weighted by molar-refractivity contribution is -0.122. The zero-order valence-corrected chi connectivity index (χ0v) is 15.5. The molecule has 0 spiro atoms. The molecule has 0 aromatic heterocycles. The lowest BCUT2D eigenvalue weighted by Gasteiger charge is -2.20. The summed E-state index contributed by atoms with van der Waals surface area (Å²) in [6.07, 6.45) is 0.150. The third-order valence-corrected chi connectivity index (χ3v) is 4.53. The predicted octanol–water partition coefficient (Wildman–Crippen LogP) is 2.70. The maximum atomic E-state index is 12.6. The van der Waals surface area contributed by atoms with Gasteiger partial charge in [-0.1, -0.05) is 0 Å². The Kier molecular flexibility index (Phi) is 5.49. The van der Waals surface area contributed by atoms with Gasteiger partial charge in [-0.25, -0.2) is 0 Å². The molecule has 1 fully saturated rings. The van der Waals surface area contributed by atoms with E-state index in [0.29, 0.717) is 35.2 Å². The SMILES string of the molecule is COc1ccc(NC(=O)[C@@H]2CC(=O)N(c3ccc(OC)cc3OC)C2)cc1. The average molecular weight is 370 g/mol. The van der Waals surface area contributed by atoms with Crippen molar-refractivity contribution in [2.75, 3.05) is 38.1 Å². The number of methoxy groups -OCH3 is 3. The summed E-state index contributed by atoms with van der Waals surface area (Å²) in [6.45, 7) is 0.295.